The molecule has 0 spiro atoms. The van der Waals surface area contributed by atoms with E-state index in [1.165, 1.54) is 0 Å². The van der Waals surface area contributed by atoms with Gasteiger partial charge in [-0.25, -0.2) is 0 Å². The standard InChI is InChI=1S/C10H13N3O3/c1-8(2)7-12-10(14)6-9(13(15)16)4-3-5-11/h3-4,9H,1,6-7H2,2H3,(H,12,14)/b4-3+. The highest BCUT2D eigenvalue weighted by molar-refractivity contribution is 5.76. The third-order valence-corrected chi connectivity index (χ3v) is 1.65. The molecular weight excluding hydrogens is 210 g/mol. The minimum Gasteiger partial charge on any atom is -0.352 e. The second kappa shape index (κ2) is 7.17. The van der Waals surface area contributed by atoms with Gasteiger partial charge in [-0.1, -0.05) is 12.2 Å². The average molecular weight is 223 g/mol. The van der Waals surface area contributed by atoms with E-state index in [-0.39, 0.29) is 6.42 Å². The topological polar surface area (TPSA) is 96.0 Å². The van der Waals surface area contributed by atoms with Crippen LogP contribution in [0.5, 0.6) is 0 Å². The van der Waals surface area contributed by atoms with Gasteiger partial charge in [-0.15, -0.1) is 0 Å². The van der Waals surface area contributed by atoms with Gasteiger partial charge in [-0.05, 0) is 13.0 Å². The molecule has 0 radical (unpaired) electrons. The van der Waals surface area contributed by atoms with E-state index in [2.05, 4.69) is 11.9 Å². The first-order chi connectivity index (χ1) is 7.47. The van der Waals surface area contributed by atoms with Crippen LogP contribution < -0.4 is 5.32 Å². The molecular formula is C10H13N3O3. The molecule has 6 nitrogen and oxygen atoms in total. The monoisotopic (exact) mass is 223 g/mol. The third-order valence-electron chi connectivity index (χ3n) is 1.65. The van der Waals surface area contributed by atoms with E-state index in [9.17, 15) is 14.9 Å². The summed E-state index contributed by atoms with van der Waals surface area (Å²) >= 11 is 0. The molecule has 0 aliphatic carbocycles. The van der Waals surface area contributed by atoms with Crippen LogP contribution in [0, 0.1) is 21.4 Å². The Bertz CT molecular complexity index is 355. The van der Waals surface area contributed by atoms with E-state index in [1.54, 1.807) is 13.0 Å². The van der Waals surface area contributed by atoms with Crippen molar-refractivity contribution in [3.63, 3.8) is 0 Å². The molecule has 1 N–H and O–H groups in total. The Morgan fingerprint density at radius 1 is 1.75 bits per heavy atom. The Morgan fingerprint density at radius 3 is 2.81 bits per heavy atom. The van der Waals surface area contributed by atoms with Crippen molar-refractivity contribution in [1.82, 2.24) is 5.32 Å². The Balaban J connectivity index is 4.25. The van der Waals surface area contributed by atoms with Crippen LogP contribution in [0.25, 0.3) is 0 Å². The summed E-state index contributed by atoms with van der Waals surface area (Å²) in [4.78, 5) is 21.2. The lowest BCUT2D eigenvalue weighted by Crippen LogP contribution is -2.31. The van der Waals surface area contributed by atoms with Gasteiger partial charge >= 0.3 is 0 Å². The van der Waals surface area contributed by atoms with Crippen molar-refractivity contribution in [1.29, 1.82) is 5.26 Å². The van der Waals surface area contributed by atoms with Gasteiger partial charge in [-0.2, -0.15) is 5.26 Å². The van der Waals surface area contributed by atoms with Gasteiger partial charge in [0.2, 0.25) is 11.9 Å². The van der Waals surface area contributed by atoms with Crippen LogP contribution in [0.1, 0.15) is 13.3 Å². The summed E-state index contributed by atoms with van der Waals surface area (Å²) in [5.41, 5.74) is 0.763. The van der Waals surface area contributed by atoms with Crippen LogP contribution in [0.3, 0.4) is 0 Å². The fourth-order valence-electron chi connectivity index (χ4n) is 0.879. The highest BCUT2D eigenvalue weighted by atomic mass is 16.6. The Labute approximate surface area is 93.4 Å². The van der Waals surface area contributed by atoms with Crippen LogP contribution in [0.4, 0.5) is 0 Å². The van der Waals surface area contributed by atoms with E-state index in [1.807, 2.05) is 0 Å². The van der Waals surface area contributed by atoms with Crippen molar-refractivity contribution in [2.24, 2.45) is 0 Å². The molecule has 86 valence electrons. The predicted octanol–water partition coefficient (Wildman–Crippen LogP) is 0.794. The summed E-state index contributed by atoms with van der Waals surface area (Å²) in [7, 11) is 0. The first kappa shape index (κ1) is 13.8. The van der Waals surface area contributed by atoms with Gasteiger partial charge in [0.1, 0.15) is 0 Å². The van der Waals surface area contributed by atoms with Crippen molar-refractivity contribution in [2.75, 3.05) is 6.54 Å². The zero-order valence-electron chi connectivity index (χ0n) is 8.97. The predicted molar refractivity (Wildman–Crippen MR) is 58.0 cm³/mol. The Kier molecular flexibility index (Phi) is 6.21. The fourth-order valence-corrected chi connectivity index (χ4v) is 0.879. The second-order valence-corrected chi connectivity index (χ2v) is 3.28. The molecule has 0 saturated carbocycles. The molecule has 0 aliphatic heterocycles. The summed E-state index contributed by atoms with van der Waals surface area (Å²) < 4.78 is 0. The maximum Gasteiger partial charge on any atom is 0.241 e. The van der Waals surface area contributed by atoms with Gasteiger partial charge in [-0.3, -0.25) is 14.9 Å². The second-order valence-electron chi connectivity index (χ2n) is 3.28. The number of hydrogen-bond acceptors (Lipinski definition) is 4. The highest BCUT2D eigenvalue weighted by Crippen LogP contribution is 1.99. The summed E-state index contributed by atoms with van der Waals surface area (Å²) in [6, 6.07) is 0.483. The van der Waals surface area contributed by atoms with E-state index in [0.29, 0.717) is 6.54 Å². The number of carbonyl (C=O) groups excluding carboxylic acids is 1. The number of amides is 1. The molecule has 0 saturated heterocycles. The van der Waals surface area contributed by atoms with Gasteiger partial charge in [0, 0.05) is 17.5 Å². The van der Waals surface area contributed by atoms with Crippen LogP contribution in [0.15, 0.2) is 24.3 Å². The van der Waals surface area contributed by atoms with Crippen molar-refractivity contribution < 1.29 is 9.72 Å². The zero-order valence-corrected chi connectivity index (χ0v) is 8.97. The first-order valence-electron chi connectivity index (χ1n) is 4.58. The van der Waals surface area contributed by atoms with E-state index in [4.69, 9.17) is 5.26 Å². The van der Waals surface area contributed by atoms with Gasteiger partial charge in [0.15, 0.2) is 0 Å². The normalized spacial score (nSPS) is 11.8. The number of hydrogen-bond donors (Lipinski definition) is 1. The summed E-state index contributed by atoms with van der Waals surface area (Å²) in [5.74, 6) is -0.438. The molecule has 1 unspecified atom stereocenters. The quantitative estimate of drug-likeness (QED) is 0.311. The lowest BCUT2D eigenvalue weighted by Gasteiger charge is -2.06. The van der Waals surface area contributed by atoms with Crippen LogP contribution in [-0.4, -0.2) is 23.4 Å². The molecule has 0 heterocycles. The van der Waals surface area contributed by atoms with Crippen molar-refractivity contribution in [3.8, 4) is 6.07 Å². The molecule has 0 bridgehead atoms. The van der Waals surface area contributed by atoms with E-state index < -0.39 is 16.9 Å². The molecule has 0 aromatic carbocycles. The SMILES string of the molecule is C=C(C)CNC(=O)CC(/C=C/C#N)[N+](=O)[O-]. The summed E-state index contributed by atoms with van der Waals surface area (Å²) in [5, 5.41) is 21.2. The minimum absolute atomic E-state index is 0.279. The maximum atomic E-state index is 11.3. The smallest absolute Gasteiger partial charge is 0.241 e. The van der Waals surface area contributed by atoms with Crippen molar-refractivity contribution in [2.45, 2.75) is 19.4 Å². The first-order valence-corrected chi connectivity index (χ1v) is 4.58. The van der Waals surface area contributed by atoms with Crippen LogP contribution in [-0.2, 0) is 4.79 Å². The molecule has 1 atom stereocenters. The van der Waals surface area contributed by atoms with Gasteiger partial charge < -0.3 is 5.32 Å². The highest BCUT2D eigenvalue weighted by Gasteiger charge is 2.20. The van der Waals surface area contributed by atoms with Gasteiger partial charge in [0.25, 0.3) is 0 Å². The summed E-state index contributed by atoms with van der Waals surface area (Å²) in [6.45, 7) is 5.62. The number of carbonyl (C=O) groups is 1. The van der Waals surface area contributed by atoms with Crippen LogP contribution >= 0.6 is 0 Å². The number of nitriles is 1. The Hall–Kier alpha value is -2.16. The number of allylic oxidation sites excluding steroid dienone is 1. The molecule has 1 amide bonds. The maximum absolute atomic E-state index is 11.3. The largest absolute Gasteiger partial charge is 0.352 e. The molecule has 0 aliphatic rings. The van der Waals surface area contributed by atoms with Gasteiger partial charge in [0.05, 0.1) is 12.5 Å². The number of nitrogens with one attached hydrogen (secondary N) is 1. The number of nitro groups is 1. The number of nitrogens with zero attached hydrogens (tertiary/aromatic N) is 2. The average Bonchev–Trinajstić information content (AvgIpc) is 2.20. The lowest BCUT2D eigenvalue weighted by molar-refractivity contribution is -0.508. The van der Waals surface area contributed by atoms with Crippen molar-refractivity contribution >= 4 is 5.91 Å². The molecule has 0 aromatic rings. The third kappa shape index (κ3) is 6.32. The molecule has 0 rings (SSSR count). The fraction of sp³-hybridized carbons (Fsp3) is 0.400. The van der Waals surface area contributed by atoms with E-state index in [0.717, 1.165) is 17.7 Å². The van der Waals surface area contributed by atoms with E-state index >= 15 is 0 Å². The summed E-state index contributed by atoms with van der Waals surface area (Å²) in [6.07, 6.45) is 1.82. The molecule has 0 fully saturated rings. The Morgan fingerprint density at radius 2 is 2.38 bits per heavy atom. The molecule has 6 heteroatoms. The van der Waals surface area contributed by atoms with Crippen molar-refractivity contribution in [3.05, 3.63) is 34.4 Å². The number of rotatable bonds is 6. The molecule has 0 aromatic heterocycles. The van der Waals surface area contributed by atoms with Crippen LogP contribution in [0.2, 0.25) is 0 Å². The lowest BCUT2D eigenvalue weighted by atomic mass is 10.2. The minimum atomic E-state index is -1.16. The molecule has 16 heavy (non-hydrogen) atoms. The zero-order chi connectivity index (χ0) is 12.6.